The Balaban J connectivity index is 1.38. The Hall–Kier alpha value is -2.37. The summed E-state index contributed by atoms with van der Waals surface area (Å²) in [4.78, 5) is 32.9. The highest BCUT2D eigenvalue weighted by Crippen LogP contribution is 2.35. The van der Waals surface area contributed by atoms with E-state index in [1.54, 1.807) is 0 Å². The number of carbonyl (C=O) groups is 2. The minimum atomic E-state index is -0.532. The predicted octanol–water partition coefficient (Wildman–Crippen LogP) is 2.95. The van der Waals surface area contributed by atoms with Gasteiger partial charge in [-0.15, -0.1) is 0 Å². The van der Waals surface area contributed by atoms with E-state index >= 15 is 0 Å². The lowest BCUT2D eigenvalue weighted by Crippen LogP contribution is -2.52. The highest BCUT2D eigenvalue weighted by Gasteiger charge is 2.46. The number of oxime groups is 1. The molecule has 1 saturated carbocycles. The molecular weight excluding hydrogens is 330 g/mol. The van der Waals surface area contributed by atoms with Crippen LogP contribution < -0.4 is 5.32 Å². The Labute approximate surface area is 153 Å². The second-order valence-electron chi connectivity index (χ2n) is 7.65. The van der Waals surface area contributed by atoms with Crippen molar-refractivity contribution in [3.63, 3.8) is 0 Å². The van der Waals surface area contributed by atoms with E-state index in [-0.39, 0.29) is 17.7 Å². The van der Waals surface area contributed by atoms with Gasteiger partial charge in [-0.25, -0.2) is 0 Å². The van der Waals surface area contributed by atoms with E-state index < -0.39 is 5.60 Å². The molecule has 138 valence electrons. The molecule has 0 aromatic heterocycles. The van der Waals surface area contributed by atoms with E-state index in [2.05, 4.69) is 10.5 Å². The third-order valence-electron chi connectivity index (χ3n) is 5.69. The molecule has 2 aliphatic heterocycles. The first kappa shape index (κ1) is 17.1. The Morgan fingerprint density at radius 3 is 2.69 bits per heavy atom. The molecule has 6 nitrogen and oxygen atoms in total. The molecule has 4 rings (SSSR count). The van der Waals surface area contributed by atoms with Crippen LogP contribution in [0.1, 0.15) is 44.9 Å². The fraction of sp³-hybridized carbons (Fsp3) is 0.550. The largest absolute Gasteiger partial charge is 0.386 e. The molecule has 0 unspecified atom stereocenters. The Morgan fingerprint density at radius 1 is 1.15 bits per heavy atom. The highest BCUT2D eigenvalue weighted by molar-refractivity contribution is 6.43. The Kier molecular flexibility index (Phi) is 4.66. The summed E-state index contributed by atoms with van der Waals surface area (Å²) < 4.78 is 0. The molecule has 1 aliphatic carbocycles. The molecular formula is C20H25N3O3. The van der Waals surface area contributed by atoms with Gasteiger partial charge in [0.2, 0.25) is 5.91 Å². The van der Waals surface area contributed by atoms with Crippen molar-refractivity contribution in [1.82, 2.24) is 4.90 Å². The van der Waals surface area contributed by atoms with Crippen LogP contribution in [0.15, 0.2) is 35.5 Å². The van der Waals surface area contributed by atoms with Gasteiger partial charge in [0.1, 0.15) is 5.71 Å². The van der Waals surface area contributed by atoms with E-state index in [1.165, 1.54) is 0 Å². The summed E-state index contributed by atoms with van der Waals surface area (Å²) in [5.74, 6) is 0.202. The third kappa shape index (κ3) is 3.45. The molecule has 1 N–H and O–H groups in total. The number of anilines is 1. The molecule has 1 saturated heterocycles. The van der Waals surface area contributed by atoms with Crippen molar-refractivity contribution in [2.45, 2.75) is 50.5 Å². The van der Waals surface area contributed by atoms with Crippen LogP contribution in [0.25, 0.3) is 0 Å². The van der Waals surface area contributed by atoms with Crippen LogP contribution in [0.5, 0.6) is 0 Å². The number of likely N-dealkylation sites (tertiary alicyclic amines) is 1. The van der Waals surface area contributed by atoms with Crippen LogP contribution >= 0.6 is 0 Å². The lowest BCUT2D eigenvalue weighted by atomic mass is 9.87. The summed E-state index contributed by atoms with van der Waals surface area (Å²) in [6.45, 7) is 1.32. The summed E-state index contributed by atoms with van der Waals surface area (Å²) in [7, 11) is 0. The van der Waals surface area contributed by atoms with Crippen LogP contribution in [0, 0.1) is 5.92 Å². The van der Waals surface area contributed by atoms with E-state index in [1.807, 2.05) is 35.2 Å². The summed E-state index contributed by atoms with van der Waals surface area (Å²) >= 11 is 0. The number of benzene rings is 1. The molecule has 3 aliphatic rings. The topological polar surface area (TPSA) is 71.0 Å². The second-order valence-corrected chi connectivity index (χ2v) is 7.65. The maximum Gasteiger partial charge on any atom is 0.273 e. The zero-order valence-electron chi connectivity index (χ0n) is 14.9. The average Bonchev–Trinajstić information content (AvgIpc) is 3.33. The zero-order valence-corrected chi connectivity index (χ0v) is 14.9. The molecule has 1 spiro atoms. The van der Waals surface area contributed by atoms with Gasteiger partial charge in [0, 0.05) is 24.6 Å². The molecule has 2 amide bonds. The molecule has 6 heteroatoms. The van der Waals surface area contributed by atoms with E-state index in [4.69, 9.17) is 4.84 Å². The van der Waals surface area contributed by atoms with Gasteiger partial charge in [-0.05, 0) is 37.8 Å². The number of carbonyl (C=O) groups excluding carboxylic acids is 2. The Bertz CT molecular complexity index is 712. The van der Waals surface area contributed by atoms with Gasteiger partial charge in [0.15, 0.2) is 5.60 Å². The molecule has 1 atom stereocenters. The molecule has 1 aromatic rings. The van der Waals surface area contributed by atoms with Crippen LogP contribution in [0.2, 0.25) is 0 Å². The lowest BCUT2D eigenvalue weighted by molar-refractivity contribution is -0.144. The van der Waals surface area contributed by atoms with E-state index in [0.717, 1.165) is 50.8 Å². The van der Waals surface area contributed by atoms with Gasteiger partial charge in [0.25, 0.3) is 5.91 Å². The SMILES string of the molecule is O=C(Nc1ccccc1)C1=NO[C@@]2(CCCN(C(=O)C3CCCC3)C2)C1. The number of nitrogens with zero attached hydrogens (tertiary/aromatic N) is 2. The van der Waals surface area contributed by atoms with Crippen LogP contribution in [-0.4, -0.2) is 41.1 Å². The zero-order chi connectivity index (χ0) is 18.0. The molecule has 2 fully saturated rings. The van der Waals surface area contributed by atoms with Crippen LogP contribution in [0.3, 0.4) is 0 Å². The number of hydrogen-bond donors (Lipinski definition) is 1. The number of nitrogens with one attached hydrogen (secondary N) is 1. The van der Waals surface area contributed by atoms with Crippen molar-refractivity contribution in [2.24, 2.45) is 11.1 Å². The molecule has 0 radical (unpaired) electrons. The van der Waals surface area contributed by atoms with Crippen molar-refractivity contribution in [1.29, 1.82) is 0 Å². The van der Waals surface area contributed by atoms with Crippen molar-refractivity contribution >= 4 is 23.2 Å². The summed E-state index contributed by atoms with van der Waals surface area (Å²) in [5.41, 5.74) is 0.613. The standard InChI is InChI=1S/C20H25N3O3/c24-18(21-16-9-2-1-3-10-16)17-13-20(26-22-17)11-6-12-23(14-20)19(25)15-7-4-5-8-15/h1-3,9-10,15H,4-8,11-14H2,(H,21,24)/t20-/m0/s1. The van der Waals surface area contributed by atoms with E-state index in [9.17, 15) is 9.59 Å². The summed E-state index contributed by atoms with van der Waals surface area (Å²) in [6.07, 6.45) is 6.49. The van der Waals surface area contributed by atoms with Gasteiger partial charge in [-0.1, -0.05) is 36.2 Å². The number of piperidine rings is 1. The lowest BCUT2D eigenvalue weighted by Gasteiger charge is -2.39. The van der Waals surface area contributed by atoms with Gasteiger partial charge >= 0.3 is 0 Å². The van der Waals surface area contributed by atoms with Gasteiger partial charge in [-0.3, -0.25) is 9.59 Å². The first-order chi connectivity index (χ1) is 12.7. The number of para-hydroxylation sites is 1. The number of amides is 2. The van der Waals surface area contributed by atoms with Gasteiger partial charge in [0.05, 0.1) is 6.54 Å². The van der Waals surface area contributed by atoms with E-state index in [0.29, 0.717) is 18.7 Å². The van der Waals surface area contributed by atoms with Crippen molar-refractivity contribution in [3.05, 3.63) is 30.3 Å². The minimum Gasteiger partial charge on any atom is -0.386 e. The normalized spacial score (nSPS) is 25.8. The maximum atomic E-state index is 12.8. The minimum absolute atomic E-state index is 0.174. The van der Waals surface area contributed by atoms with Crippen molar-refractivity contribution in [3.8, 4) is 0 Å². The monoisotopic (exact) mass is 355 g/mol. The van der Waals surface area contributed by atoms with Crippen LogP contribution in [-0.2, 0) is 14.4 Å². The summed E-state index contributed by atoms with van der Waals surface area (Å²) in [5, 5.41) is 6.92. The molecule has 0 bridgehead atoms. The fourth-order valence-electron chi connectivity index (χ4n) is 4.30. The predicted molar refractivity (Wildman–Crippen MR) is 98.7 cm³/mol. The maximum absolute atomic E-state index is 12.8. The first-order valence-corrected chi connectivity index (χ1v) is 9.55. The van der Waals surface area contributed by atoms with Gasteiger partial charge < -0.3 is 15.1 Å². The van der Waals surface area contributed by atoms with Crippen molar-refractivity contribution < 1.29 is 14.4 Å². The quantitative estimate of drug-likeness (QED) is 0.906. The number of rotatable bonds is 3. The average molecular weight is 355 g/mol. The molecule has 1 aromatic carbocycles. The van der Waals surface area contributed by atoms with Crippen LogP contribution in [0.4, 0.5) is 5.69 Å². The summed E-state index contributed by atoms with van der Waals surface area (Å²) in [6, 6.07) is 9.33. The Morgan fingerprint density at radius 2 is 1.92 bits per heavy atom. The van der Waals surface area contributed by atoms with Crippen molar-refractivity contribution in [2.75, 3.05) is 18.4 Å². The van der Waals surface area contributed by atoms with Gasteiger partial charge in [-0.2, -0.15) is 0 Å². The second kappa shape index (κ2) is 7.09. The third-order valence-corrected chi connectivity index (χ3v) is 5.69. The molecule has 2 heterocycles. The smallest absolute Gasteiger partial charge is 0.273 e. The fourth-order valence-corrected chi connectivity index (χ4v) is 4.30. The number of hydrogen-bond acceptors (Lipinski definition) is 4. The molecule has 26 heavy (non-hydrogen) atoms. The first-order valence-electron chi connectivity index (χ1n) is 9.55. The highest BCUT2D eigenvalue weighted by atomic mass is 16.7.